The maximum absolute atomic E-state index is 12.2. The zero-order valence-corrected chi connectivity index (χ0v) is 18.4. The fourth-order valence-corrected chi connectivity index (χ4v) is 2.94. The molecule has 0 aliphatic carbocycles. The van der Waals surface area contributed by atoms with Gasteiger partial charge in [-0.2, -0.15) is 0 Å². The zero-order valence-electron chi connectivity index (χ0n) is 17.6. The van der Waals surface area contributed by atoms with Crippen molar-refractivity contribution in [3.05, 3.63) is 94.5 Å². The number of ether oxygens (including phenoxy) is 3. The van der Waals surface area contributed by atoms with E-state index in [2.05, 4.69) is 10.1 Å². The summed E-state index contributed by atoms with van der Waals surface area (Å²) in [6, 6.07) is 19.2. The Bertz CT molecular complexity index is 1110. The molecule has 0 saturated heterocycles. The summed E-state index contributed by atoms with van der Waals surface area (Å²) in [7, 11) is 2.87. The summed E-state index contributed by atoms with van der Waals surface area (Å²) in [6.45, 7) is 0.375. The van der Waals surface area contributed by atoms with E-state index in [1.165, 1.54) is 13.2 Å². The number of anilines is 1. The molecule has 0 fully saturated rings. The quantitative estimate of drug-likeness (QED) is 0.368. The highest BCUT2D eigenvalue weighted by Gasteiger charge is 2.07. The van der Waals surface area contributed by atoms with Gasteiger partial charge >= 0.3 is 5.97 Å². The molecule has 0 atom stereocenters. The van der Waals surface area contributed by atoms with Gasteiger partial charge in [0.05, 0.1) is 19.8 Å². The van der Waals surface area contributed by atoms with Crippen molar-refractivity contribution in [2.24, 2.45) is 0 Å². The van der Waals surface area contributed by atoms with Crippen molar-refractivity contribution in [3.63, 3.8) is 0 Å². The van der Waals surface area contributed by atoms with E-state index in [1.807, 2.05) is 30.3 Å². The summed E-state index contributed by atoms with van der Waals surface area (Å²) in [6.07, 6.45) is 3.08. The van der Waals surface area contributed by atoms with Gasteiger partial charge in [-0.15, -0.1) is 0 Å². The van der Waals surface area contributed by atoms with Gasteiger partial charge < -0.3 is 19.5 Å². The SMILES string of the molecule is COC(=O)c1ccc(NC(=O)C=Cc2ccc(OCc3ccc(Cl)cc3)c(OC)c2)cc1. The second-order valence-electron chi connectivity index (χ2n) is 6.72. The van der Waals surface area contributed by atoms with E-state index in [-0.39, 0.29) is 5.91 Å². The molecule has 164 valence electrons. The van der Waals surface area contributed by atoms with Gasteiger partial charge in [-0.05, 0) is 65.7 Å². The number of halogens is 1. The third-order valence-electron chi connectivity index (χ3n) is 4.50. The topological polar surface area (TPSA) is 73.9 Å². The summed E-state index contributed by atoms with van der Waals surface area (Å²) in [5, 5.41) is 3.41. The van der Waals surface area contributed by atoms with Crippen molar-refractivity contribution in [1.29, 1.82) is 0 Å². The van der Waals surface area contributed by atoms with Crippen LogP contribution in [0.2, 0.25) is 5.02 Å². The minimum Gasteiger partial charge on any atom is -0.493 e. The third kappa shape index (κ3) is 6.36. The first-order chi connectivity index (χ1) is 15.5. The molecule has 0 aliphatic rings. The molecule has 1 amide bonds. The Hall–Kier alpha value is -3.77. The Morgan fingerprint density at radius 1 is 0.938 bits per heavy atom. The fourth-order valence-electron chi connectivity index (χ4n) is 2.81. The number of methoxy groups -OCH3 is 2. The monoisotopic (exact) mass is 451 g/mol. The van der Waals surface area contributed by atoms with Gasteiger partial charge in [0, 0.05) is 16.8 Å². The Balaban J connectivity index is 1.60. The molecule has 0 radical (unpaired) electrons. The van der Waals surface area contributed by atoms with Gasteiger partial charge in [-0.25, -0.2) is 4.79 Å². The minimum absolute atomic E-state index is 0.308. The number of hydrogen-bond acceptors (Lipinski definition) is 5. The number of benzene rings is 3. The largest absolute Gasteiger partial charge is 0.493 e. The molecule has 0 spiro atoms. The Morgan fingerprint density at radius 2 is 1.66 bits per heavy atom. The summed E-state index contributed by atoms with van der Waals surface area (Å²) in [4.78, 5) is 23.7. The molecule has 3 aromatic rings. The maximum Gasteiger partial charge on any atom is 0.337 e. The van der Waals surface area contributed by atoms with Crippen molar-refractivity contribution >= 4 is 35.2 Å². The predicted molar refractivity (Wildman–Crippen MR) is 124 cm³/mol. The van der Waals surface area contributed by atoms with E-state index >= 15 is 0 Å². The Morgan fingerprint density at radius 3 is 2.31 bits per heavy atom. The van der Waals surface area contributed by atoms with Crippen LogP contribution < -0.4 is 14.8 Å². The molecule has 0 saturated carbocycles. The van der Waals surface area contributed by atoms with Crippen LogP contribution in [0.4, 0.5) is 5.69 Å². The first-order valence-electron chi connectivity index (χ1n) is 9.71. The summed E-state index contributed by atoms with van der Waals surface area (Å²) >= 11 is 5.90. The molecule has 0 heterocycles. The lowest BCUT2D eigenvalue weighted by atomic mass is 10.1. The van der Waals surface area contributed by atoms with E-state index in [1.54, 1.807) is 49.6 Å². The van der Waals surface area contributed by atoms with Crippen LogP contribution in [0.5, 0.6) is 11.5 Å². The highest BCUT2D eigenvalue weighted by molar-refractivity contribution is 6.30. The lowest BCUT2D eigenvalue weighted by Gasteiger charge is -2.11. The molecule has 6 nitrogen and oxygen atoms in total. The predicted octanol–water partition coefficient (Wildman–Crippen LogP) is 5.37. The molecular formula is C25H22ClNO5. The normalized spacial score (nSPS) is 10.6. The van der Waals surface area contributed by atoms with E-state index in [0.717, 1.165) is 11.1 Å². The average molecular weight is 452 g/mol. The number of nitrogens with one attached hydrogen (secondary N) is 1. The first-order valence-corrected chi connectivity index (χ1v) is 10.1. The molecule has 0 bridgehead atoms. The average Bonchev–Trinajstić information content (AvgIpc) is 2.82. The molecule has 3 aromatic carbocycles. The molecule has 0 aliphatic heterocycles. The number of hydrogen-bond donors (Lipinski definition) is 1. The second kappa shape index (κ2) is 11.0. The molecule has 0 aromatic heterocycles. The van der Waals surface area contributed by atoms with E-state index < -0.39 is 5.97 Å². The van der Waals surface area contributed by atoms with Crippen molar-refractivity contribution in [2.45, 2.75) is 6.61 Å². The molecular weight excluding hydrogens is 430 g/mol. The van der Waals surface area contributed by atoms with Crippen molar-refractivity contribution in [2.75, 3.05) is 19.5 Å². The highest BCUT2D eigenvalue weighted by atomic mass is 35.5. The van der Waals surface area contributed by atoms with Gasteiger partial charge in [0.2, 0.25) is 5.91 Å². The Kier molecular flexibility index (Phi) is 7.89. The highest BCUT2D eigenvalue weighted by Crippen LogP contribution is 2.29. The standard InChI is InChI=1S/C25H22ClNO5/c1-30-23-15-17(5-13-22(23)32-16-18-3-9-20(26)10-4-18)6-14-24(28)27-21-11-7-19(8-12-21)25(29)31-2/h3-15H,16H2,1-2H3,(H,27,28). The number of amides is 1. The Labute approximate surface area is 191 Å². The van der Waals surface area contributed by atoms with Crippen LogP contribution in [-0.2, 0) is 16.1 Å². The fraction of sp³-hybridized carbons (Fsp3) is 0.120. The van der Waals surface area contributed by atoms with E-state index in [9.17, 15) is 9.59 Å². The smallest absolute Gasteiger partial charge is 0.337 e. The molecule has 7 heteroatoms. The van der Waals surface area contributed by atoms with Crippen molar-refractivity contribution in [3.8, 4) is 11.5 Å². The molecule has 32 heavy (non-hydrogen) atoms. The molecule has 3 rings (SSSR count). The van der Waals surface area contributed by atoms with Crippen molar-refractivity contribution < 1.29 is 23.8 Å². The van der Waals surface area contributed by atoms with Crippen molar-refractivity contribution in [1.82, 2.24) is 0 Å². The summed E-state index contributed by atoms with van der Waals surface area (Å²) in [5.74, 6) is 0.407. The minimum atomic E-state index is -0.433. The van der Waals surface area contributed by atoms with E-state index in [0.29, 0.717) is 34.4 Å². The molecule has 0 unspecified atom stereocenters. The number of carbonyl (C=O) groups excluding carboxylic acids is 2. The third-order valence-corrected chi connectivity index (χ3v) is 4.75. The van der Waals surface area contributed by atoms with Gasteiger partial charge in [-0.3, -0.25) is 4.79 Å². The van der Waals surface area contributed by atoms with Crippen LogP contribution >= 0.6 is 11.6 Å². The second-order valence-corrected chi connectivity index (χ2v) is 7.15. The van der Waals surface area contributed by atoms with Gasteiger partial charge in [0.25, 0.3) is 0 Å². The number of rotatable bonds is 8. The van der Waals surface area contributed by atoms with Crippen LogP contribution in [0, 0.1) is 0 Å². The first kappa shape index (κ1) is 22.9. The zero-order chi connectivity index (χ0) is 22.9. The lowest BCUT2D eigenvalue weighted by molar-refractivity contribution is -0.111. The number of esters is 1. The number of carbonyl (C=O) groups is 2. The summed E-state index contributed by atoms with van der Waals surface area (Å²) < 4.78 is 15.9. The lowest BCUT2D eigenvalue weighted by Crippen LogP contribution is -2.08. The van der Waals surface area contributed by atoms with E-state index in [4.69, 9.17) is 21.1 Å². The van der Waals surface area contributed by atoms with Gasteiger partial charge in [-0.1, -0.05) is 29.8 Å². The van der Waals surface area contributed by atoms with Crippen LogP contribution in [-0.4, -0.2) is 26.1 Å². The van der Waals surface area contributed by atoms with Crippen LogP contribution in [0.15, 0.2) is 72.8 Å². The van der Waals surface area contributed by atoms with Crippen LogP contribution in [0.3, 0.4) is 0 Å². The van der Waals surface area contributed by atoms with Crippen LogP contribution in [0.25, 0.3) is 6.08 Å². The summed E-state index contributed by atoms with van der Waals surface area (Å²) in [5.41, 5.74) is 2.73. The van der Waals surface area contributed by atoms with Crippen LogP contribution in [0.1, 0.15) is 21.5 Å². The van der Waals surface area contributed by atoms with Gasteiger partial charge in [0.1, 0.15) is 6.61 Å². The molecule has 1 N–H and O–H groups in total. The van der Waals surface area contributed by atoms with Gasteiger partial charge in [0.15, 0.2) is 11.5 Å². The maximum atomic E-state index is 12.2.